The summed E-state index contributed by atoms with van der Waals surface area (Å²) in [6.45, 7) is 1.57. The van der Waals surface area contributed by atoms with Crippen LogP contribution in [0.4, 0.5) is 52.7 Å². The summed E-state index contributed by atoms with van der Waals surface area (Å²) in [4.78, 5) is 53.3. The van der Waals surface area contributed by atoms with Gasteiger partial charge in [0.15, 0.2) is 5.67 Å². The minimum atomic E-state index is -5.10. The number of amides is 2. The number of aliphatic carboxylic acids is 2. The normalized spacial score (nSPS) is 29.8. The van der Waals surface area contributed by atoms with Crippen molar-refractivity contribution < 1.29 is 82.1 Å². The van der Waals surface area contributed by atoms with E-state index in [9.17, 15) is 77.7 Å². The number of likely N-dealkylation sites (tertiary alicyclic amines) is 2. The van der Waals surface area contributed by atoms with Crippen molar-refractivity contribution in [2.45, 2.75) is 175 Å². The number of alkyl halides is 10. The van der Waals surface area contributed by atoms with Gasteiger partial charge in [-0.3, -0.25) is 14.4 Å². The van der Waals surface area contributed by atoms with Crippen molar-refractivity contribution in [3.63, 3.8) is 0 Å². The van der Waals surface area contributed by atoms with Crippen molar-refractivity contribution >= 4 is 23.8 Å². The third-order valence-corrected chi connectivity index (χ3v) is 18.9. The van der Waals surface area contributed by atoms with Gasteiger partial charge in [0.25, 0.3) is 5.91 Å². The molecule has 2 heterocycles. The Morgan fingerprint density at radius 2 is 0.912 bits per heavy atom. The summed E-state index contributed by atoms with van der Waals surface area (Å²) in [6, 6.07) is 18.9. The fraction of sp³-hybridized carbons (Fsp3) is 0.533. The monoisotopic (exact) mass is 1130 g/mol. The number of fused-ring (bicyclic) bond motifs is 6. The number of carboxylic acid groups (broad SMARTS) is 2. The van der Waals surface area contributed by atoms with Gasteiger partial charge in [-0.2, -0.15) is 26.3 Å². The third-order valence-electron chi connectivity index (χ3n) is 18.9. The number of hydrogen-bond donors (Lipinski definition) is 2. The molecule has 0 radical (unpaired) electrons. The van der Waals surface area contributed by atoms with Crippen molar-refractivity contribution in [1.29, 1.82) is 0 Å². The van der Waals surface area contributed by atoms with Crippen molar-refractivity contribution in [2.24, 2.45) is 11.8 Å². The lowest BCUT2D eigenvalue weighted by atomic mass is 9.63. The summed E-state index contributed by atoms with van der Waals surface area (Å²) in [7, 11) is 0. The maximum atomic E-state index is 16.0. The zero-order valence-electron chi connectivity index (χ0n) is 44.1. The lowest BCUT2D eigenvalue weighted by Crippen LogP contribution is -2.55. The quantitative estimate of drug-likeness (QED) is 0.153. The van der Waals surface area contributed by atoms with Crippen molar-refractivity contribution in [3.05, 3.63) is 141 Å². The smallest absolute Gasteiger partial charge is 0.426 e. The van der Waals surface area contributed by atoms with Gasteiger partial charge < -0.3 is 20.0 Å². The molecule has 2 amide bonds. The van der Waals surface area contributed by atoms with Crippen LogP contribution in [0.25, 0.3) is 0 Å². The summed E-state index contributed by atoms with van der Waals surface area (Å²) in [5.74, 6) is -5.44. The zero-order valence-corrected chi connectivity index (χ0v) is 44.1. The molecule has 2 unspecified atom stereocenters. The molecule has 80 heavy (non-hydrogen) atoms. The molecule has 6 atom stereocenters. The largest absolute Gasteiger partial charge is 0.481 e. The maximum Gasteiger partial charge on any atom is 0.426 e. The molecule has 432 valence electrons. The zero-order chi connectivity index (χ0) is 58.2. The Kier molecular flexibility index (Phi) is 15.4. The summed E-state index contributed by atoms with van der Waals surface area (Å²) >= 11 is 0. The van der Waals surface area contributed by atoms with Crippen LogP contribution in [0, 0.1) is 23.5 Å². The van der Waals surface area contributed by atoms with Crippen LogP contribution in [0.1, 0.15) is 135 Å². The van der Waals surface area contributed by atoms with Crippen LogP contribution in [0.15, 0.2) is 84.9 Å². The van der Waals surface area contributed by atoms with Gasteiger partial charge in [0, 0.05) is 41.9 Å². The fourth-order valence-electron chi connectivity index (χ4n) is 14.0. The van der Waals surface area contributed by atoms with Crippen molar-refractivity contribution in [2.75, 3.05) is 13.1 Å². The molecule has 4 fully saturated rings. The molecule has 10 rings (SSSR count). The SMILES string of the molecule is CC(F)(c1ccc2c(c1)CC[C@H]1N(C(=O)C3(F)CCC(C(=O)O)CC3)CC[C@@]21Cc1ccc(F)cc1)C(F)(F)F.CC(F)(c1ccc2c(c1)CC[C@H]1N(C(=O)C3CCC(F)(C(=O)O)CC3)CC[C@@]21Cc1ccc(F)cc1)C(F)(F)F. The Morgan fingerprint density at radius 1 is 0.525 bits per heavy atom. The molecular formula is C60H62F12N2O6. The van der Waals surface area contributed by atoms with E-state index >= 15 is 4.39 Å². The first-order chi connectivity index (χ1) is 37.4. The van der Waals surface area contributed by atoms with Crippen LogP contribution in [0.2, 0.25) is 0 Å². The minimum Gasteiger partial charge on any atom is -0.481 e. The van der Waals surface area contributed by atoms with Crippen LogP contribution in [0.5, 0.6) is 0 Å². The standard InChI is InChI=1S/2C30H31F6NO3/c1-27(32,30(34,35)36)21-5-8-23-20(16-21)4-9-24-28(23,17-18-2-6-22(31)7-3-18)14-15-37(24)26(40)29(33)12-10-19(11-13-29)25(38)39;1-27(32,30(34,35)36)21-5-8-23-20(16-21)4-9-24-28(23,17-18-2-6-22(31)7-3-18)14-15-37(24)25(38)19-10-12-29(33,13-11-19)26(39)40/h2-3,5-8,16,19,24H,4,9-15,17H2,1H3,(H,38,39);2-3,5-8,16,19,24H,4,9-15,17H2,1H3,(H,39,40)/t2*19?,24-,27?,28-,29?/m11/s1. The highest BCUT2D eigenvalue weighted by Crippen LogP contribution is 2.54. The van der Waals surface area contributed by atoms with E-state index in [1.807, 2.05) is 0 Å². The second-order valence-electron chi connectivity index (χ2n) is 23.4. The van der Waals surface area contributed by atoms with Crippen molar-refractivity contribution in [3.8, 4) is 0 Å². The van der Waals surface area contributed by atoms with Gasteiger partial charge in [0.1, 0.15) is 11.6 Å². The average molecular weight is 1140 g/mol. The Morgan fingerprint density at radius 3 is 1.31 bits per heavy atom. The molecule has 2 aliphatic heterocycles. The molecule has 8 nitrogen and oxygen atoms in total. The number of nitrogens with zero attached hydrogens (tertiary/aromatic N) is 2. The Balaban J connectivity index is 0.000000194. The molecular weight excluding hydrogens is 1070 g/mol. The molecule has 0 aromatic heterocycles. The van der Waals surface area contributed by atoms with E-state index < -0.39 is 104 Å². The number of rotatable bonds is 10. The predicted molar refractivity (Wildman–Crippen MR) is 269 cm³/mol. The predicted octanol–water partition coefficient (Wildman–Crippen LogP) is 13.2. The first-order valence-electron chi connectivity index (χ1n) is 27.1. The van der Waals surface area contributed by atoms with Gasteiger partial charge in [-0.15, -0.1) is 0 Å². The van der Waals surface area contributed by atoms with Crippen LogP contribution >= 0.6 is 0 Å². The second kappa shape index (κ2) is 21.0. The number of benzene rings is 4. The van der Waals surface area contributed by atoms with Gasteiger partial charge in [-0.05, 0) is 185 Å². The average Bonchev–Trinajstić information content (AvgIpc) is 4.08. The van der Waals surface area contributed by atoms with Gasteiger partial charge in [-0.25, -0.2) is 31.1 Å². The van der Waals surface area contributed by atoms with E-state index in [0.29, 0.717) is 82.0 Å². The summed E-state index contributed by atoms with van der Waals surface area (Å²) in [5, 5.41) is 18.5. The first-order valence-corrected chi connectivity index (χ1v) is 27.1. The van der Waals surface area contributed by atoms with Crippen LogP contribution in [-0.2, 0) is 67.0 Å². The highest BCUT2D eigenvalue weighted by Gasteiger charge is 2.60. The summed E-state index contributed by atoms with van der Waals surface area (Å²) < 4.78 is 168. The molecule has 4 aromatic carbocycles. The summed E-state index contributed by atoms with van der Waals surface area (Å²) in [5.41, 5.74) is -9.92. The third kappa shape index (κ3) is 10.5. The molecule has 2 saturated carbocycles. The lowest BCUT2D eigenvalue weighted by Gasteiger charge is -2.45. The number of halogens is 12. The van der Waals surface area contributed by atoms with E-state index in [1.54, 1.807) is 35.2 Å². The first kappa shape index (κ1) is 58.6. The molecule has 20 heteroatoms. The molecule has 2 saturated heterocycles. The molecule has 0 bridgehead atoms. The molecule has 4 aromatic rings. The highest BCUT2D eigenvalue weighted by atomic mass is 19.4. The minimum absolute atomic E-state index is 0.0591. The van der Waals surface area contributed by atoms with E-state index in [2.05, 4.69) is 0 Å². The Labute approximate surface area is 454 Å². The van der Waals surface area contributed by atoms with Crippen molar-refractivity contribution in [1.82, 2.24) is 9.80 Å². The van der Waals surface area contributed by atoms with Gasteiger partial charge in [0.05, 0.1) is 5.92 Å². The highest BCUT2D eigenvalue weighted by molar-refractivity contribution is 5.87. The topological polar surface area (TPSA) is 115 Å². The number of carbonyl (C=O) groups excluding carboxylic acids is 2. The van der Waals surface area contributed by atoms with Gasteiger partial charge in [0.2, 0.25) is 22.9 Å². The van der Waals surface area contributed by atoms with Crippen LogP contribution in [0.3, 0.4) is 0 Å². The molecule has 4 aliphatic carbocycles. The summed E-state index contributed by atoms with van der Waals surface area (Å²) in [6.07, 6.45) is -7.70. The number of carbonyl (C=O) groups is 4. The fourth-order valence-corrected chi connectivity index (χ4v) is 14.0. The molecule has 6 aliphatic rings. The Bertz CT molecular complexity index is 3000. The second-order valence-corrected chi connectivity index (χ2v) is 23.4. The van der Waals surface area contributed by atoms with Gasteiger partial charge >= 0.3 is 24.3 Å². The number of hydrogen-bond acceptors (Lipinski definition) is 4. The molecule has 2 N–H and O–H groups in total. The molecule has 0 spiro atoms. The number of aryl methyl sites for hydroxylation is 2. The Hall–Kier alpha value is -6.08. The van der Waals surface area contributed by atoms with E-state index in [0.717, 1.165) is 22.8 Å². The van der Waals surface area contributed by atoms with Crippen LogP contribution in [-0.4, -0.2) is 92.6 Å². The van der Waals surface area contributed by atoms with E-state index in [4.69, 9.17) is 0 Å². The maximum absolute atomic E-state index is 16.0. The van der Waals surface area contributed by atoms with E-state index in [-0.39, 0.29) is 76.3 Å². The number of carboxylic acids is 2. The van der Waals surface area contributed by atoms with Gasteiger partial charge in [-0.1, -0.05) is 60.7 Å². The van der Waals surface area contributed by atoms with Crippen LogP contribution < -0.4 is 0 Å². The van der Waals surface area contributed by atoms with E-state index in [1.165, 1.54) is 53.4 Å². The lowest BCUT2D eigenvalue weighted by molar-refractivity contribution is -0.229.